The molecule has 1 atom stereocenters. The summed E-state index contributed by atoms with van der Waals surface area (Å²) in [7, 11) is 1.67. The molecule has 5 rings (SSSR count). The van der Waals surface area contributed by atoms with Gasteiger partial charge < -0.3 is 19.9 Å². The molecule has 0 bridgehead atoms. The van der Waals surface area contributed by atoms with E-state index >= 15 is 0 Å². The minimum absolute atomic E-state index is 0.0307. The normalized spacial score (nSPS) is 15.0. The van der Waals surface area contributed by atoms with Gasteiger partial charge in [-0.25, -0.2) is 0 Å². The number of likely N-dealkylation sites (tertiary alicyclic amines) is 1. The average Bonchev–Trinajstić information content (AvgIpc) is 3.65. The maximum atomic E-state index is 13.8. The number of hydrogen-bond acceptors (Lipinski definition) is 6. The number of carbonyl (C=O) groups is 2. The lowest BCUT2D eigenvalue weighted by molar-refractivity contribution is -0.137. The number of aromatic nitrogens is 1. The first-order chi connectivity index (χ1) is 21.2. The third-order valence-corrected chi connectivity index (χ3v) is 8.99. The van der Waals surface area contributed by atoms with E-state index in [0.29, 0.717) is 32.5 Å². The summed E-state index contributed by atoms with van der Waals surface area (Å²) in [6.45, 7) is 8.88. The van der Waals surface area contributed by atoms with E-state index in [0.717, 1.165) is 64.2 Å². The molecule has 8 heteroatoms. The zero-order chi connectivity index (χ0) is 31.1. The van der Waals surface area contributed by atoms with E-state index in [1.807, 2.05) is 34.1 Å². The number of benzene rings is 3. The van der Waals surface area contributed by atoms with Crippen molar-refractivity contribution in [2.45, 2.75) is 65.5 Å². The third kappa shape index (κ3) is 8.17. The van der Waals surface area contributed by atoms with Crippen LogP contribution in [0.1, 0.15) is 58.4 Å². The fraction of sp³-hybridized carbons (Fsp3) is 0.417. The number of nitrogens with zero attached hydrogens (tertiary/aromatic N) is 3. The van der Waals surface area contributed by atoms with Gasteiger partial charge in [0.25, 0.3) is 0 Å². The second-order valence-corrected chi connectivity index (χ2v) is 13.7. The van der Waals surface area contributed by atoms with Crippen molar-refractivity contribution in [3.8, 4) is 16.9 Å². The van der Waals surface area contributed by atoms with E-state index in [2.05, 4.69) is 79.0 Å². The highest BCUT2D eigenvalue weighted by Gasteiger charge is 2.33. The lowest BCUT2D eigenvalue weighted by Gasteiger charge is -2.30. The van der Waals surface area contributed by atoms with Crippen molar-refractivity contribution in [2.75, 3.05) is 32.1 Å². The molecule has 2 heterocycles. The van der Waals surface area contributed by atoms with Crippen LogP contribution < -0.4 is 10.1 Å². The maximum absolute atomic E-state index is 13.8. The molecule has 7 nitrogen and oxygen atoms in total. The summed E-state index contributed by atoms with van der Waals surface area (Å²) < 4.78 is 11.0. The lowest BCUT2D eigenvalue weighted by Crippen LogP contribution is -2.41. The molecule has 0 aliphatic carbocycles. The molecule has 3 aromatic carbocycles. The monoisotopic (exact) mass is 612 g/mol. The number of nitrogens with one attached hydrogen (secondary N) is 1. The molecular weight excluding hydrogens is 568 g/mol. The van der Waals surface area contributed by atoms with Crippen LogP contribution in [-0.4, -0.2) is 58.8 Å². The maximum Gasteiger partial charge on any atom is 0.224 e. The Hall–Kier alpha value is -3.91. The number of fused-ring (bicyclic) bond motifs is 1. The van der Waals surface area contributed by atoms with E-state index in [1.165, 1.54) is 11.5 Å². The molecule has 1 N–H and O–H groups in total. The summed E-state index contributed by atoms with van der Waals surface area (Å²) in [5.74, 6) is 1.99. The van der Waals surface area contributed by atoms with Gasteiger partial charge in [0, 0.05) is 50.4 Å². The topological polar surface area (TPSA) is 74.8 Å². The smallest absolute Gasteiger partial charge is 0.224 e. The Labute approximate surface area is 265 Å². The highest BCUT2D eigenvalue weighted by atomic mass is 32.1. The van der Waals surface area contributed by atoms with Gasteiger partial charge >= 0.3 is 0 Å². The number of amides is 2. The second kappa shape index (κ2) is 14.2. The van der Waals surface area contributed by atoms with Gasteiger partial charge in [-0.2, -0.15) is 4.37 Å². The van der Waals surface area contributed by atoms with Crippen molar-refractivity contribution < 1.29 is 14.3 Å². The van der Waals surface area contributed by atoms with E-state index < -0.39 is 0 Å². The number of hydrogen-bond donors (Lipinski definition) is 1. The van der Waals surface area contributed by atoms with E-state index in [4.69, 9.17) is 4.74 Å². The fourth-order valence-electron chi connectivity index (χ4n) is 5.85. The molecule has 1 aliphatic rings. The first-order valence-corrected chi connectivity index (χ1v) is 16.4. The van der Waals surface area contributed by atoms with Gasteiger partial charge in [0.2, 0.25) is 11.8 Å². The molecule has 1 saturated heterocycles. The zero-order valence-corrected chi connectivity index (χ0v) is 27.2. The number of anilines is 1. The van der Waals surface area contributed by atoms with Crippen LogP contribution in [0.4, 0.5) is 5.82 Å². The Bertz CT molecular complexity index is 1540. The van der Waals surface area contributed by atoms with E-state index in [-0.39, 0.29) is 23.3 Å². The molecule has 1 unspecified atom stereocenters. The Kier molecular flexibility index (Phi) is 10.2. The van der Waals surface area contributed by atoms with Crippen LogP contribution in [0.15, 0.2) is 72.8 Å². The van der Waals surface area contributed by atoms with Gasteiger partial charge in [-0.05, 0) is 77.2 Å². The SMILES string of the molecule is COc1ccc(-c2ccc(CN(CCCNc3nsc4ccccc34)C(=O)CC3CCCN3C(=O)CC(C)(C)C)cc2)cc1. The van der Waals surface area contributed by atoms with Crippen molar-refractivity contribution >= 4 is 39.3 Å². The molecule has 1 aromatic heterocycles. The largest absolute Gasteiger partial charge is 0.497 e. The van der Waals surface area contributed by atoms with Crippen molar-refractivity contribution in [1.82, 2.24) is 14.2 Å². The standard InChI is InChI=1S/C36H44N4O3S/c1-36(2,3)24-34(42)40-22-7-9-29(40)23-33(41)39(21-8-20-37-35-31-10-5-6-11-32(31)44-38-35)25-26-12-14-27(15-13-26)28-16-18-30(43-4)19-17-28/h5-6,10-19,29H,7-9,20-25H2,1-4H3,(H,37,38). The Morgan fingerprint density at radius 1 is 1.02 bits per heavy atom. The summed E-state index contributed by atoms with van der Waals surface area (Å²) in [4.78, 5) is 30.9. The molecule has 4 aromatic rings. The first kappa shape index (κ1) is 31.5. The lowest BCUT2D eigenvalue weighted by atomic mass is 9.91. The van der Waals surface area contributed by atoms with Crippen molar-refractivity contribution in [2.24, 2.45) is 5.41 Å². The molecule has 44 heavy (non-hydrogen) atoms. The third-order valence-electron chi connectivity index (χ3n) is 8.17. The summed E-state index contributed by atoms with van der Waals surface area (Å²) in [6.07, 6.45) is 3.48. The quantitative estimate of drug-likeness (QED) is 0.167. The molecule has 0 spiro atoms. The number of ether oxygens (including phenoxy) is 1. The second-order valence-electron chi connectivity index (χ2n) is 12.9. The Balaban J connectivity index is 1.25. The summed E-state index contributed by atoms with van der Waals surface area (Å²) >= 11 is 1.49. The van der Waals surface area contributed by atoms with Crippen LogP contribution in [0.2, 0.25) is 0 Å². The van der Waals surface area contributed by atoms with E-state index in [9.17, 15) is 9.59 Å². The van der Waals surface area contributed by atoms with Crippen LogP contribution in [0, 0.1) is 5.41 Å². The van der Waals surface area contributed by atoms with Gasteiger partial charge in [-0.1, -0.05) is 69.3 Å². The van der Waals surface area contributed by atoms with Gasteiger partial charge in [-0.3, -0.25) is 9.59 Å². The predicted molar refractivity (Wildman–Crippen MR) is 180 cm³/mol. The van der Waals surface area contributed by atoms with Gasteiger partial charge in [0.05, 0.1) is 11.8 Å². The first-order valence-electron chi connectivity index (χ1n) is 15.6. The summed E-state index contributed by atoms with van der Waals surface area (Å²) in [6, 6.07) is 24.7. The van der Waals surface area contributed by atoms with Gasteiger partial charge in [0.1, 0.15) is 11.6 Å². The molecule has 0 radical (unpaired) electrons. The molecule has 2 amide bonds. The minimum Gasteiger partial charge on any atom is -0.497 e. The predicted octanol–water partition coefficient (Wildman–Crippen LogP) is 7.62. The highest BCUT2D eigenvalue weighted by molar-refractivity contribution is 7.13. The van der Waals surface area contributed by atoms with Crippen molar-refractivity contribution in [3.63, 3.8) is 0 Å². The zero-order valence-electron chi connectivity index (χ0n) is 26.3. The van der Waals surface area contributed by atoms with Crippen LogP contribution in [0.3, 0.4) is 0 Å². The molecule has 232 valence electrons. The molecule has 1 fully saturated rings. The average molecular weight is 613 g/mol. The summed E-state index contributed by atoms with van der Waals surface area (Å²) in [5, 5.41) is 4.60. The van der Waals surface area contributed by atoms with Crippen LogP contribution >= 0.6 is 11.5 Å². The summed E-state index contributed by atoms with van der Waals surface area (Å²) in [5.41, 5.74) is 3.25. The van der Waals surface area contributed by atoms with Crippen molar-refractivity contribution in [3.05, 3.63) is 78.4 Å². The number of carbonyl (C=O) groups excluding carboxylic acids is 2. The van der Waals surface area contributed by atoms with E-state index in [1.54, 1.807) is 7.11 Å². The number of methoxy groups -OCH3 is 1. The molecule has 0 saturated carbocycles. The van der Waals surface area contributed by atoms with Gasteiger partial charge in [0.15, 0.2) is 0 Å². The molecule has 1 aliphatic heterocycles. The number of rotatable bonds is 12. The minimum atomic E-state index is -0.0755. The Morgan fingerprint density at radius 3 is 2.43 bits per heavy atom. The van der Waals surface area contributed by atoms with Gasteiger partial charge in [-0.15, -0.1) is 0 Å². The van der Waals surface area contributed by atoms with Crippen LogP contribution in [0.25, 0.3) is 21.2 Å². The van der Waals surface area contributed by atoms with Crippen LogP contribution in [0.5, 0.6) is 5.75 Å². The molecular formula is C36H44N4O3S. The Morgan fingerprint density at radius 2 is 1.73 bits per heavy atom. The van der Waals surface area contributed by atoms with Crippen LogP contribution in [-0.2, 0) is 16.1 Å². The van der Waals surface area contributed by atoms with Crippen molar-refractivity contribution in [1.29, 1.82) is 0 Å². The fourth-order valence-corrected chi connectivity index (χ4v) is 6.61. The highest BCUT2D eigenvalue weighted by Crippen LogP contribution is 2.28.